The fraction of sp³-hybridized carbons (Fsp3) is 0.304. The summed E-state index contributed by atoms with van der Waals surface area (Å²) >= 11 is 0. The number of nitriles is 1. The first-order chi connectivity index (χ1) is 14.7. The summed E-state index contributed by atoms with van der Waals surface area (Å²) in [4.78, 5) is 6.53. The van der Waals surface area contributed by atoms with Gasteiger partial charge in [0, 0.05) is 29.8 Å². The monoisotopic (exact) mass is 402 g/mol. The Balaban J connectivity index is 1.67. The highest BCUT2D eigenvalue weighted by atomic mass is 16.5. The Morgan fingerprint density at radius 2 is 2.20 bits per heavy atom. The van der Waals surface area contributed by atoms with Gasteiger partial charge in [0.25, 0.3) is 0 Å². The van der Waals surface area contributed by atoms with Crippen LogP contribution in [0.25, 0.3) is 10.9 Å². The fourth-order valence-corrected chi connectivity index (χ4v) is 4.36. The molecule has 0 saturated carbocycles. The predicted octanol–water partition coefficient (Wildman–Crippen LogP) is 2.91. The third-order valence-corrected chi connectivity index (χ3v) is 5.80. The molecule has 0 aliphatic carbocycles. The van der Waals surface area contributed by atoms with E-state index in [0.29, 0.717) is 47.8 Å². The van der Waals surface area contributed by atoms with Gasteiger partial charge >= 0.3 is 0 Å². The van der Waals surface area contributed by atoms with Crippen molar-refractivity contribution in [2.75, 3.05) is 30.5 Å². The summed E-state index contributed by atoms with van der Waals surface area (Å²) in [5, 5.41) is 20.6. The van der Waals surface area contributed by atoms with E-state index >= 15 is 0 Å². The maximum absolute atomic E-state index is 10.1. The van der Waals surface area contributed by atoms with Crippen LogP contribution in [0.3, 0.4) is 0 Å². The number of nitrogen functional groups attached to an aromatic ring is 1. The van der Waals surface area contributed by atoms with Gasteiger partial charge in [-0.15, -0.1) is 0 Å². The molecular weight excluding hydrogens is 380 g/mol. The molecule has 5 rings (SSSR count). The first kappa shape index (κ1) is 18.7. The standard InChI is InChI=1S/C23H22N4O3/c24-10-15-11-26-20-9-22(30-17-5-6-29-13-17)19(25)8-18(20)23(15)27-16(12-28)7-14-3-1-2-4-21(14)27/h1-4,8-9,11,16-17,28H,5-7,12-13,25H2. The molecule has 0 spiro atoms. The van der Waals surface area contributed by atoms with Gasteiger partial charge in [0.15, 0.2) is 0 Å². The molecule has 2 aliphatic rings. The first-order valence-electron chi connectivity index (χ1n) is 10.0. The van der Waals surface area contributed by atoms with Crippen LogP contribution in [0.5, 0.6) is 5.75 Å². The lowest BCUT2D eigenvalue weighted by Crippen LogP contribution is -2.31. The van der Waals surface area contributed by atoms with Gasteiger partial charge in [-0.25, -0.2) is 0 Å². The van der Waals surface area contributed by atoms with E-state index in [-0.39, 0.29) is 18.8 Å². The van der Waals surface area contributed by atoms with Crippen molar-refractivity contribution in [3.8, 4) is 11.8 Å². The van der Waals surface area contributed by atoms with Crippen LogP contribution in [0.4, 0.5) is 17.1 Å². The molecule has 30 heavy (non-hydrogen) atoms. The average Bonchev–Trinajstić information content (AvgIpc) is 3.41. The van der Waals surface area contributed by atoms with Crippen molar-refractivity contribution in [3.63, 3.8) is 0 Å². The predicted molar refractivity (Wildman–Crippen MR) is 114 cm³/mol. The number of pyridine rings is 1. The van der Waals surface area contributed by atoms with E-state index in [9.17, 15) is 10.4 Å². The molecule has 7 heteroatoms. The van der Waals surface area contributed by atoms with Crippen LogP contribution >= 0.6 is 0 Å². The molecule has 0 amide bonds. The molecule has 7 nitrogen and oxygen atoms in total. The highest BCUT2D eigenvalue weighted by Crippen LogP contribution is 2.44. The van der Waals surface area contributed by atoms with Gasteiger partial charge in [-0.1, -0.05) is 18.2 Å². The average molecular weight is 402 g/mol. The molecule has 3 heterocycles. The summed E-state index contributed by atoms with van der Waals surface area (Å²) in [7, 11) is 0. The fourth-order valence-electron chi connectivity index (χ4n) is 4.36. The van der Waals surface area contributed by atoms with E-state index in [1.807, 2.05) is 35.2 Å². The molecule has 0 radical (unpaired) electrons. The van der Waals surface area contributed by atoms with Crippen LogP contribution in [0.15, 0.2) is 42.6 Å². The molecule has 2 unspecified atom stereocenters. The number of fused-ring (bicyclic) bond motifs is 2. The SMILES string of the molecule is N#Cc1cnc2cc(OC3CCOC3)c(N)cc2c1N1c2ccccc2CC1CO. The van der Waals surface area contributed by atoms with Gasteiger partial charge in [-0.3, -0.25) is 4.98 Å². The van der Waals surface area contributed by atoms with Crippen LogP contribution in [-0.2, 0) is 11.2 Å². The number of benzene rings is 2. The highest BCUT2D eigenvalue weighted by molar-refractivity contribution is 6.00. The maximum atomic E-state index is 10.1. The van der Waals surface area contributed by atoms with Gasteiger partial charge in [-0.2, -0.15) is 5.26 Å². The van der Waals surface area contributed by atoms with E-state index in [4.69, 9.17) is 15.2 Å². The second kappa shape index (κ2) is 7.48. The number of aliphatic hydroxyl groups is 1. The topological polar surface area (TPSA) is 105 Å². The van der Waals surface area contributed by atoms with Crippen LogP contribution in [0, 0.1) is 11.3 Å². The molecule has 1 fully saturated rings. The molecule has 0 bridgehead atoms. The summed E-state index contributed by atoms with van der Waals surface area (Å²) in [5.41, 5.74) is 10.8. The van der Waals surface area contributed by atoms with Crippen molar-refractivity contribution in [1.29, 1.82) is 5.26 Å². The number of nitrogens with two attached hydrogens (primary N) is 1. The van der Waals surface area contributed by atoms with Gasteiger partial charge < -0.3 is 25.2 Å². The zero-order valence-electron chi connectivity index (χ0n) is 16.4. The Morgan fingerprint density at radius 3 is 2.97 bits per heavy atom. The van der Waals surface area contributed by atoms with Crippen molar-refractivity contribution < 1.29 is 14.6 Å². The van der Waals surface area contributed by atoms with E-state index in [0.717, 1.165) is 23.1 Å². The number of hydrogen-bond donors (Lipinski definition) is 2. The summed E-state index contributed by atoms with van der Waals surface area (Å²) in [6, 6.07) is 13.8. The molecule has 2 aromatic carbocycles. The number of rotatable bonds is 4. The Hall–Kier alpha value is -3.34. The number of ether oxygens (including phenoxy) is 2. The van der Waals surface area contributed by atoms with Crippen molar-refractivity contribution in [2.24, 2.45) is 0 Å². The van der Waals surface area contributed by atoms with E-state index in [1.165, 1.54) is 0 Å². The minimum absolute atomic E-state index is 0.0215. The van der Waals surface area contributed by atoms with Crippen molar-refractivity contribution in [2.45, 2.75) is 25.0 Å². The van der Waals surface area contributed by atoms with Crippen molar-refractivity contribution in [1.82, 2.24) is 4.98 Å². The van der Waals surface area contributed by atoms with E-state index in [1.54, 1.807) is 6.20 Å². The third-order valence-electron chi connectivity index (χ3n) is 5.80. The summed E-state index contributed by atoms with van der Waals surface area (Å²) in [5.74, 6) is 0.571. The normalized spacial score (nSPS) is 20.3. The van der Waals surface area contributed by atoms with E-state index < -0.39 is 0 Å². The number of para-hydroxylation sites is 1. The molecule has 152 valence electrons. The Labute approximate surface area is 174 Å². The van der Waals surface area contributed by atoms with Crippen LogP contribution in [0.1, 0.15) is 17.5 Å². The lowest BCUT2D eigenvalue weighted by Gasteiger charge is -2.28. The largest absolute Gasteiger partial charge is 0.486 e. The Morgan fingerprint density at radius 1 is 1.33 bits per heavy atom. The third kappa shape index (κ3) is 3.02. The zero-order valence-corrected chi connectivity index (χ0v) is 16.4. The minimum Gasteiger partial charge on any atom is -0.486 e. The van der Waals surface area contributed by atoms with Crippen LogP contribution < -0.4 is 15.4 Å². The minimum atomic E-state index is -0.159. The summed E-state index contributed by atoms with van der Waals surface area (Å²) < 4.78 is 11.4. The molecule has 1 aromatic heterocycles. The summed E-state index contributed by atoms with van der Waals surface area (Å²) in [6.07, 6.45) is 3.09. The zero-order chi connectivity index (χ0) is 20.7. The smallest absolute Gasteiger partial charge is 0.144 e. The number of aromatic nitrogens is 1. The maximum Gasteiger partial charge on any atom is 0.144 e. The molecule has 1 saturated heterocycles. The number of nitrogens with zero attached hydrogens (tertiary/aromatic N) is 3. The van der Waals surface area contributed by atoms with Gasteiger partial charge in [0.1, 0.15) is 17.9 Å². The van der Waals surface area contributed by atoms with Crippen molar-refractivity contribution >= 4 is 28.0 Å². The molecule has 2 atom stereocenters. The van der Waals surface area contributed by atoms with Gasteiger partial charge in [0.2, 0.25) is 0 Å². The Kier molecular flexibility index (Phi) is 4.66. The molecule has 3 N–H and O–H groups in total. The van der Waals surface area contributed by atoms with Gasteiger partial charge in [0.05, 0.1) is 48.3 Å². The Bertz CT molecular complexity index is 1150. The van der Waals surface area contributed by atoms with Crippen LogP contribution in [-0.4, -0.2) is 42.1 Å². The van der Waals surface area contributed by atoms with Crippen molar-refractivity contribution in [3.05, 3.63) is 53.7 Å². The molecular formula is C23H22N4O3. The van der Waals surface area contributed by atoms with E-state index in [2.05, 4.69) is 17.1 Å². The second-order valence-electron chi connectivity index (χ2n) is 7.68. The first-order valence-corrected chi connectivity index (χ1v) is 10.0. The second-order valence-corrected chi connectivity index (χ2v) is 7.68. The quantitative estimate of drug-likeness (QED) is 0.647. The lowest BCUT2D eigenvalue weighted by molar-refractivity contribution is 0.142. The van der Waals surface area contributed by atoms with Gasteiger partial charge in [-0.05, 0) is 24.1 Å². The lowest BCUT2D eigenvalue weighted by atomic mass is 10.1. The van der Waals surface area contributed by atoms with Crippen LogP contribution in [0.2, 0.25) is 0 Å². The number of anilines is 3. The molecule has 3 aromatic rings. The number of aliphatic hydroxyl groups excluding tert-OH is 1. The molecule has 2 aliphatic heterocycles. The number of hydrogen-bond acceptors (Lipinski definition) is 7. The highest BCUT2D eigenvalue weighted by Gasteiger charge is 2.32. The summed E-state index contributed by atoms with van der Waals surface area (Å²) in [6.45, 7) is 1.21.